The maximum absolute atomic E-state index is 12.6. The monoisotopic (exact) mass is 358 g/mol. The van der Waals surface area contributed by atoms with Crippen molar-refractivity contribution in [3.8, 4) is 6.07 Å². The van der Waals surface area contributed by atoms with Gasteiger partial charge in [0, 0.05) is 23.5 Å². The average molecular weight is 358 g/mol. The highest BCUT2D eigenvalue weighted by molar-refractivity contribution is 6.14. The molecule has 27 heavy (non-hydrogen) atoms. The van der Waals surface area contributed by atoms with Gasteiger partial charge in [0.25, 0.3) is 5.91 Å². The van der Waals surface area contributed by atoms with Gasteiger partial charge >= 0.3 is 0 Å². The molecule has 1 aliphatic heterocycles. The number of nitrogens with zero attached hydrogens (tertiary/aromatic N) is 5. The van der Waals surface area contributed by atoms with Gasteiger partial charge in [0.2, 0.25) is 0 Å². The maximum Gasteiger partial charge on any atom is 0.275 e. The van der Waals surface area contributed by atoms with Crippen molar-refractivity contribution in [1.29, 1.82) is 5.26 Å². The second kappa shape index (κ2) is 6.46. The van der Waals surface area contributed by atoms with Crippen LogP contribution in [0.15, 0.2) is 40.5 Å². The summed E-state index contributed by atoms with van der Waals surface area (Å²) >= 11 is 0. The first-order valence-corrected chi connectivity index (χ1v) is 8.18. The van der Waals surface area contributed by atoms with Gasteiger partial charge in [-0.3, -0.25) is 9.79 Å². The molecule has 0 atom stereocenters. The zero-order valence-corrected chi connectivity index (χ0v) is 14.6. The number of amides is 1. The van der Waals surface area contributed by atoms with Crippen LogP contribution >= 0.6 is 0 Å². The normalized spacial score (nSPS) is 12.3. The van der Waals surface area contributed by atoms with Crippen LogP contribution in [-0.2, 0) is 6.54 Å². The molecule has 0 saturated heterocycles. The van der Waals surface area contributed by atoms with Crippen molar-refractivity contribution in [3.05, 3.63) is 70.3 Å². The van der Waals surface area contributed by atoms with Crippen LogP contribution in [0.1, 0.15) is 44.1 Å². The Morgan fingerprint density at radius 1 is 1.22 bits per heavy atom. The number of fused-ring (bicyclic) bond motifs is 1. The number of pyridine rings is 2. The van der Waals surface area contributed by atoms with Gasteiger partial charge in [-0.25, -0.2) is 15.0 Å². The first-order chi connectivity index (χ1) is 13.1. The predicted octanol–water partition coefficient (Wildman–Crippen LogP) is 2.56. The van der Waals surface area contributed by atoms with Crippen molar-refractivity contribution in [1.82, 2.24) is 15.0 Å². The number of hydrogen-bond donors (Lipinski definition) is 1. The summed E-state index contributed by atoms with van der Waals surface area (Å²) in [6.07, 6.45) is 6.03. The van der Waals surface area contributed by atoms with E-state index in [4.69, 9.17) is 9.68 Å². The molecular formula is C19H14N6O2. The molecule has 4 heterocycles. The van der Waals surface area contributed by atoms with Crippen LogP contribution in [0, 0.1) is 25.2 Å². The highest BCUT2D eigenvalue weighted by Gasteiger charge is 2.22. The van der Waals surface area contributed by atoms with Gasteiger partial charge in [-0.1, -0.05) is 0 Å². The molecule has 4 rings (SSSR count). The molecule has 0 aromatic carbocycles. The number of nitrogens with one attached hydrogen (secondary N) is 1. The second-order valence-electron chi connectivity index (χ2n) is 6.09. The van der Waals surface area contributed by atoms with E-state index >= 15 is 0 Å². The van der Waals surface area contributed by atoms with E-state index in [1.165, 1.54) is 12.6 Å². The van der Waals surface area contributed by atoms with Crippen LogP contribution < -0.4 is 5.32 Å². The molecule has 0 unspecified atom stereocenters. The molecule has 0 bridgehead atoms. The number of aliphatic imine (C=N–C) groups is 1. The minimum Gasteiger partial charge on any atom is -0.442 e. The number of aromatic nitrogens is 3. The predicted molar refractivity (Wildman–Crippen MR) is 96.5 cm³/mol. The van der Waals surface area contributed by atoms with E-state index in [1.807, 2.05) is 0 Å². The van der Waals surface area contributed by atoms with Crippen molar-refractivity contribution < 1.29 is 9.21 Å². The Balaban J connectivity index is 1.63. The fourth-order valence-corrected chi connectivity index (χ4v) is 2.91. The number of carbonyl (C=O) groups is 1. The molecule has 0 spiro atoms. The summed E-state index contributed by atoms with van der Waals surface area (Å²) in [7, 11) is 0. The highest BCUT2D eigenvalue weighted by atomic mass is 16.3. The van der Waals surface area contributed by atoms with Gasteiger partial charge in [0.05, 0.1) is 18.3 Å². The lowest BCUT2D eigenvalue weighted by Gasteiger charge is -2.10. The summed E-state index contributed by atoms with van der Waals surface area (Å²) < 4.78 is 5.33. The smallest absolute Gasteiger partial charge is 0.275 e. The molecule has 3 aromatic rings. The van der Waals surface area contributed by atoms with E-state index in [-0.39, 0.29) is 11.6 Å². The van der Waals surface area contributed by atoms with E-state index in [0.717, 1.165) is 16.7 Å². The van der Waals surface area contributed by atoms with Gasteiger partial charge in [-0.2, -0.15) is 5.26 Å². The molecule has 1 N–H and O–H groups in total. The van der Waals surface area contributed by atoms with Crippen LogP contribution in [0.5, 0.6) is 0 Å². The Bertz CT molecular complexity index is 1130. The molecule has 1 amide bonds. The van der Waals surface area contributed by atoms with E-state index in [2.05, 4.69) is 31.3 Å². The van der Waals surface area contributed by atoms with Crippen LogP contribution in [0.25, 0.3) is 0 Å². The quantitative estimate of drug-likeness (QED) is 0.769. The Hall–Kier alpha value is -3.86. The molecule has 3 aromatic heterocycles. The summed E-state index contributed by atoms with van der Waals surface area (Å²) in [5.41, 5.74) is 4.59. The fourth-order valence-electron chi connectivity index (χ4n) is 2.91. The topological polar surface area (TPSA) is 117 Å². The molecular weight excluding hydrogens is 344 g/mol. The summed E-state index contributed by atoms with van der Waals surface area (Å²) in [6, 6.07) is 3.82. The number of carbonyl (C=O) groups excluding carboxylic acids is 1. The van der Waals surface area contributed by atoms with Crippen molar-refractivity contribution >= 4 is 17.4 Å². The third kappa shape index (κ3) is 2.85. The molecule has 0 radical (unpaired) electrons. The van der Waals surface area contributed by atoms with Crippen LogP contribution in [0.3, 0.4) is 0 Å². The molecule has 8 heteroatoms. The van der Waals surface area contributed by atoms with E-state index in [1.54, 1.807) is 32.3 Å². The lowest BCUT2D eigenvalue weighted by Crippen LogP contribution is -2.17. The summed E-state index contributed by atoms with van der Waals surface area (Å²) in [6.45, 7) is 4.06. The van der Waals surface area contributed by atoms with E-state index < -0.39 is 0 Å². The number of anilines is 1. The van der Waals surface area contributed by atoms with Crippen molar-refractivity contribution in [3.63, 3.8) is 0 Å². The molecule has 0 aliphatic carbocycles. The highest BCUT2D eigenvalue weighted by Crippen LogP contribution is 2.25. The minimum absolute atomic E-state index is 0.262. The standard InChI is InChI=1S/C19H14N6O2/c1-10-11(2)17(23-5-12(10)4-20)19(26)25-16-3-14-13(6-22-16)7-24-18(14)15-8-21-9-27-15/h3,5-6,8-9H,7H2,1-2H3,(H,22,25,26). The summed E-state index contributed by atoms with van der Waals surface area (Å²) in [5.74, 6) is 0.567. The van der Waals surface area contributed by atoms with Gasteiger partial charge in [-0.05, 0) is 31.0 Å². The lowest BCUT2D eigenvalue weighted by atomic mass is 10.0. The van der Waals surface area contributed by atoms with Crippen molar-refractivity contribution in [2.75, 3.05) is 5.32 Å². The van der Waals surface area contributed by atoms with Crippen molar-refractivity contribution in [2.45, 2.75) is 20.4 Å². The molecule has 0 fully saturated rings. The van der Waals surface area contributed by atoms with Crippen LogP contribution in [-0.4, -0.2) is 26.6 Å². The van der Waals surface area contributed by atoms with Gasteiger partial charge in [0.1, 0.15) is 23.3 Å². The van der Waals surface area contributed by atoms with Crippen LogP contribution in [0.4, 0.5) is 5.82 Å². The SMILES string of the molecule is Cc1c(C#N)cnc(C(=O)Nc2cc3c(cn2)CN=C3c2cnco2)c1C. The largest absolute Gasteiger partial charge is 0.442 e. The second-order valence-corrected chi connectivity index (χ2v) is 6.09. The summed E-state index contributed by atoms with van der Waals surface area (Å²) in [5, 5.41) is 11.8. The van der Waals surface area contributed by atoms with Crippen LogP contribution in [0.2, 0.25) is 0 Å². The molecule has 8 nitrogen and oxygen atoms in total. The number of rotatable bonds is 3. The zero-order valence-electron chi connectivity index (χ0n) is 14.6. The number of hydrogen-bond acceptors (Lipinski definition) is 7. The minimum atomic E-state index is -0.385. The maximum atomic E-state index is 12.6. The first kappa shape index (κ1) is 16.6. The Morgan fingerprint density at radius 2 is 2.07 bits per heavy atom. The zero-order chi connectivity index (χ0) is 19.0. The molecule has 1 aliphatic rings. The van der Waals surface area contributed by atoms with E-state index in [9.17, 15) is 4.79 Å². The van der Waals surface area contributed by atoms with Gasteiger partial charge in [0.15, 0.2) is 12.2 Å². The average Bonchev–Trinajstić information content (AvgIpc) is 3.32. The number of oxazole rings is 1. The van der Waals surface area contributed by atoms with Gasteiger partial charge in [-0.15, -0.1) is 0 Å². The van der Waals surface area contributed by atoms with E-state index in [0.29, 0.717) is 35.0 Å². The first-order valence-electron chi connectivity index (χ1n) is 8.18. The number of nitriles is 1. The Kier molecular flexibility index (Phi) is 3.97. The van der Waals surface area contributed by atoms with Crippen molar-refractivity contribution in [2.24, 2.45) is 4.99 Å². The lowest BCUT2D eigenvalue weighted by molar-refractivity contribution is 0.102. The third-order valence-corrected chi connectivity index (χ3v) is 4.54. The summed E-state index contributed by atoms with van der Waals surface area (Å²) in [4.78, 5) is 29.4. The Morgan fingerprint density at radius 3 is 2.81 bits per heavy atom. The third-order valence-electron chi connectivity index (χ3n) is 4.54. The fraction of sp³-hybridized carbons (Fsp3) is 0.158. The Labute approximate surface area is 154 Å². The molecule has 0 saturated carbocycles. The molecule has 132 valence electrons. The van der Waals surface area contributed by atoms with Gasteiger partial charge < -0.3 is 9.73 Å².